The summed E-state index contributed by atoms with van der Waals surface area (Å²) in [6.45, 7) is 3.16. The predicted molar refractivity (Wildman–Crippen MR) is 125 cm³/mol. The van der Waals surface area contributed by atoms with Gasteiger partial charge in [-0.1, -0.05) is 12.1 Å². The van der Waals surface area contributed by atoms with Gasteiger partial charge in [-0.25, -0.2) is 9.97 Å². The summed E-state index contributed by atoms with van der Waals surface area (Å²) in [7, 11) is 2.18. The minimum atomic E-state index is 0.580. The zero-order valence-corrected chi connectivity index (χ0v) is 18.3. The minimum Gasteiger partial charge on any atom is -0.370 e. The van der Waals surface area contributed by atoms with E-state index in [0.29, 0.717) is 29.0 Å². The molecule has 2 aliphatic rings. The van der Waals surface area contributed by atoms with Crippen molar-refractivity contribution in [1.82, 2.24) is 25.1 Å². The number of rotatable bonds is 7. The van der Waals surface area contributed by atoms with Gasteiger partial charge in [0.1, 0.15) is 11.6 Å². The Bertz CT molecular complexity index is 1120. The second-order valence-corrected chi connectivity index (χ2v) is 8.89. The minimum absolute atomic E-state index is 0.580. The number of aromatic amines is 1. The molecular weight excluding hydrogens is 400 g/mol. The Morgan fingerprint density at radius 1 is 1.06 bits per heavy atom. The largest absolute Gasteiger partial charge is 0.370 e. The van der Waals surface area contributed by atoms with Crippen LogP contribution in [-0.4, -0.2) is 51.7 Å². The molecule has 2 aromatic heterocycles. The average Bonchev–Trinajstić information content (AvgIpc) is 3.57. The molecule has 0 unspecified atom stereocenters. The SMILES string of the molecule is CN1CCC(CNc2cc(Nc3cc(C4CC4)[nH]n3)nc(-c3cccc(C#N)c3)n2)CC1. The van der Waals surface area contributed by atoms with Crippen LogP contribution < -0.4 is 10.6 Å². The van der Waals surface area contributed by atoms with Crippen LogP contribution in [0.25, 0.3) is 11.4 Å². The molecule has 3 heterocycles. The van der Waals surface area contributed by atoms with Gasteiger partial charge in [-0.05, 0) is 63.9 Å². The number of piperidine rings is 1. The lowest BCUT2D eigenvalue weighted by Crippen LogP contribution is -2.33. The lowest BCUT2D eigenvalue weighted by Gasteiger charge is -2.29. The Morgan fingerprint density at radius 2 is 1.88 bits per heavy atom. The molecule has 8 heteroatoms. The molecule has 0 spiro atoms. The highest BCUT2D eigenvalue weighted by Gasteiger charge is 2.25. The number of nitriles is 1. The molecule has 1 aliphatic heterocycles. The molecule has 3 N–H and O–H groups in total. The molecule has 0 amide bonds. The Kier molecular flexibility index (Phi) is 5.73. The molecule has 1 saturated heterocycles. The molecule has 1 aliphatic carbocycles. The molecule has 5 rings (SSSR count). The average molecular weight is 429 g/mol. The van der Waals surface area contributed by atoms with Gasteiger partial charge in [-0.3, -0.25) is 5.10 Å². The van der Waals surface area contributed by atoms with Gasteiger partial charge in [-0.2, -0.15) is 10.4 Å². The van der Waals surface area contributed by atoms with E-state index in [1.807, 2.05) is 24.3 Å². The summed E-state index contributed by atoms with van der Waals surface area (Å²) >= 11 is 0. The maximum atomic E-state index is 9.28. The summed E-state index contributed by atoms with van der Waals surface area (Å²) in [5, 5.41) is 23.6. The van der Waals surface area contributed by atoms with E-state index in [9.17, 15) is 5.26 Å². The topological polar surface area (TPSA) is 106 Å². The van der Waals surface area contributed by atoms with Crippen LogP contribution in [0.5, 0.6) is 0 Å². The highest BCUT2D eigenvalue weighted by atomic mass is 15.2. The van der Waals surface area contributed by atoms with Crippen LogP contribution in [0.4, 0.5) is 17.5 Å². The fraction of sp³-hybridized carbons (Fsp3) is 0.417. The summed E-state index contributed by atoms with van der Waals surface area (Å²) in [6, 6.07) is 13.6. The first-order valence-corrected chi connectivity index (χ1v) is 11.3. The molecule has 3 aromatic rings. The van der Waals surface area contributed by atoms with Gasteiger partial charge in [0.05, 0.1) is 11.6 Å². The number of hydrogen-bond donors (Lipinski definition) is 3. The lowest BCUT2D eigenvalue weighted by atomic mass is 9.97. The third kappa shape index (κ3) is 4.89. The third-order valence-corrected chi connectivity index (χ3v) is 6.26. The number of likely N-dealkylation sites (tertiary alicyclic amines) is 1. The highest BCUT2D eigenvalue weighted by Crippen LogP contribution is 2.39. The van der Waals surface area contributed by atoms with Crippen LogP contribution in [0.2, 0.25) is 0 Å². The van der Waals surface area contributed by atoms with Crippen molar-refractivity contribution in [2.45, 2.75) is 31.6 Å². The number of benzene rings is 1. The number of anilines is 3. The van der Waals surface area contributed by atoms with E-state index in [0.717, 1.165) is 36.8 Å². The second-order valence-electron chi connectivity index (χ2n) is 8.89. The van der Waals surface area contributed by atoms with E-state index < -0.39 is 0 Å². The van der Waals surface area contributed by atoms with E-state index in [1.165, 1.54) is 31.4 Å². The van der Waals surface area contributed by atoms with Crippen molar-refractivity contribution in [3.8, 4) is 17.5 Å². The van der Waals surface area contributed by atoms with Gasteiger partial charge >= 0.3 is 0 Å². The zero-order valence-electron chi connectivity index (χ0n) is 18.3. The van der Waals surface area contributed by atoms with Gasteiger partial charge in [0.25, 0.3) is 0 Å². The van der Waals surface area contributed by atoms with Crippen LogP contribution in [-0.2, 0) is 0 Å². The standard InChI is InChI=1S/C24H28N8/c1-32-9-7-16(8-10-32)15-26-21-13-22(27-23-12-20(30-31-23)18-5-6-18)29-24(28-21)19-4-2-3-17(11-19)14-25/h2-4,11-13,16,18H,5-10,15H2,1H3,(H3,26,27,28,29,30,31). The van der Waals surface area contributed by atoms with E-state index >= 15 is 0 Å². The molecule has 0 radical (unpaired) electrons. The van der Waals surface area contributed by atoms with Gasteiger partial charge in [0.2, 0.25) is 0 Å². The molecule has 1 aromatic carbocycles. The second kappa shape index (κ2) is 8.97. The number of hydrogen-bond acceptors (Lipinski definition) is 7. The van der Waals surface area contributed by atoms with E-state index in [4.69, 9.17) is 9.97 Å². The molecule has 2 fully saturated rings. The first-order chi connectivity index (χ1) is 15.7. The fourth-order valence-electron chi connectivity index (χ4n) is 4.11. The van der Waals surface area contributed by atoms with E-state index in [2.05, 4.69) is 44.9 Å². The number of H-pyrrole nitrogens is 1. The summed E-state index contributed by atoms with van der Waals surface area (Å²) < 4.78 is 0. The molecule has 164 valence electrons. The van der Waals surface area contributed by atoms with Gasteiger partial charge in [-0.15, -0.1) is 0 Å². The van der Waals surface area contributed by atoms with Crippen LogP contribution >= 0.6 is 0 Å². The summed E-state index contributed by atoms with van der Waals surface area (Å²) in [4.78, 5) is 11.8. The van der Waals surface area contributed by atoms with Gasteiger partial charge in [0.15, 0.2) is 11.6 Å². The van der Waals surface area contributed by atoms with Crippen molar-refractivity contribution in [3.05, 3.63) is 47.7 Å². The molecule has 8 nitrogen and oxygen atoms in total. The molecule has 0 atom stereocenters. The Hall–Kier alpha value is -3.44. The Morgan fingerprint density at radius 3 is 2.66 bits per heavy atom. The maximum absolute atomic E-state index is 9.28. The van der Waals surface area contributed by atoms with Crippen molar-refractivity contribution in [3.63, 3.8) is 0 Å². The Balaban J connectivity index is 1.39. The summed E-state index contributed by atoms with van der Waals surface area (Å²) in [5.74, 6) is 4.03. The smallest absolute Gasteiger partial charge is 0.163 e. The molecular formula is C24H28N8. The van der Waals surface area contributed by atoms with Crippen molar-refractivity contribution in [2.24, 2.45) is 5.92 Å². The molecule has 0 bridgehead atoms. The zero-order chi connectivity index (χ0) is 21.9. The molecule has 1 saturated carbocycles. The number of nitrogens with one attached hydrogen (secondary N) is 3. The number of aromatic nitrogens is 4. The fourth-order valence-corrected chi connectivity index (χ4v) is 4.11. The van der Waals surface area contributed by atoms with Crippen molar-refractivity contribution in [2.75, 3.05) is 37.3 Å². The Labute approximate surface area is 188 Å². The van der Waals surface area contributed by atoms with Gasteiger partial charge < -0.3 is 15.5 Å². The summed E-state index contributed by atoms with van der Waals surface area (Å²) in [6.07, 6.45) is 4.82. The van der Waals surface area contributed by atoms with Crippen LogP contribution in [0.1, 0.15) is 42.9 Å². The maximum Gasteiger partial charge on any atom is 0.163 e. The quantitative estimate of drug-likeness (QED) is 0.520. The monoisotopic (exact) mass is 428 g/mol. The third-order valence-electron chi connectivity index (χ3n) is 6.26. The normalized spacial score (nSPS) is 17.1. The predicted octanol–water partition coefficient (Wildman–Crippen LogP) is 4.11. The van der Waals surface area contributed by atoms with E-state index in [1.54, 1.807) is 6.07 Å². The van der Waals surface area contributed by atoms with Crippen LogP contribution in [0.15, 0.2) is 36.4 Å². The number of nitrogens with zero attached hydrogens (tertiary/aromatic N) is 5. The first-order valence-electron chi connectivity index (χ1n) is 11.3. The van der Waals surface area contributed by atoms with E-state index in [-0.39, 0.29) is 0 Å². The first kappa shape index (κ1) is 20.5. The van der Waals surface area contributed by atoms with Crippen LogP contribution in [0.3, 0.4) is 0 Å². The van der Waals surface area contributed by atoms with Crippen molar-refractivity contribution in [1.29, 1.82) is 5.26 Å². The lowest BCUT2D eigenvalue weighted by molar-refractivity contribution is 0.226. The van der Waals surface area contributed by atoms with Crippen molar-refractivity contribution < 1.29 is 0 Å². The van der Waals surface area contributed by atoms with Crippen LogP contribution in [0, 0.1) is 17.2 Å². The highest BCUT2D eigenvalue weighted by molar-refractivity contribution is 5.65. The summed E-state index contributed by atoms with van der Waals surface area (Å²) in [5.41, 5.74) is 2.58. The molecule has 32 heavy (non-hydrogen) atoms. The van der Waals surface area contributed by atoms with Crippen molar-refractivity contribution >= 4 is 17.5 Å². The van der Waals surface area contributed by atoms with Gasteiger partial charge in [0, 0.05) is 35.9 Å².